The minimum atomic E-state index is -0.0757. The highest BCUT2D eigenvalue weighted by Gasteiger charge is 2.29. The second-order valence-electron chi connectivity index (χ2n) is 7.24. The molecule has 0 radical (unpaired) electrons. The second kappa shape index (κ2) is 6.50. The number of carbonyl (C=O) groups excluding carboxylic acids is 2. The van der Waals surface area contributed by atoms with Gasteiger partial charge in [0.25, 0.3) is 11.8 Å². The molecule has 1 atom stereocenters. The summed E-state index contributed by atoms with van der Waals surface area (Å²) in [5.41, 5.74) is 1.11. The highest BCUT2D eigenvalue weighted by molar-refractivity contribution is 6.02. The average Bonchev–Trinajstić information content (AvgIpc) is 3.29. The lowest BCUT2D eigenvalue weighted by Gasteiger charge is -2.30. The molecule has 132 valence electrons. The van der Waals surface area contributed by atoms with Crippen LogP contribution in [-0.2, 0) is 0 Å². The van der Waals surface area contributed by atoms with Crippen LogP contribution in [0.5, 0.6) is 0 Å². The molecule has 0 N–H and O–H groups in total. The van der Waals surface area contributed by atoms with E-state index in [0.717, 1.165) is 51.9 Å². The van der Waals surface area contributed by atoms with Gasteiger partial charge in [0.15, 0.2) is 5.69 Å². The van der Waals surface area contributed by atoms with Gasteiger partial charge in [0, 0.05) is 32.4 Å². The third-order valence-corrected chi connectivity index (χ3v) is 5.28. The molecule has 4 heterocycles. The number of rotatable bonds is 2. The summed E-state index contributed by atoms with van der Waals surface area (Å²) >= 11 is 0. The molecule has 2 saturated heterocycles. The number of piperidine rings is 1. The first kappa shape index (κ1) is 16.1. The Hall–Kier alpha value is -2.37. The predicted octanol–water partition coefficient (Wildman–Crippen LogP) is 2.44. The molecule has 6 nitrogen and oxygen atoms in total. The van der Waals surface area contributed by atoms with Gasteiger partial charge in [-0.25, -0.2) is 4.98 Å². The van der Waals surface area contributed by atoms with Crippen LogP contribution in [0.1, 0.15) is 53.7 Å². The van der Waals surface area contributed by atoms with E-state index < -0.39 is 0 Å². The third-order valence-electron chi connectivity index (χ3n) is 5.28. The first-order valence-electron chi connectivity index (χ1n) is 9.21. The lowest BCUT2D eigenvalue weighted by Crippen LogP contribution is -2.40. The molecule has 0 bridgehead atoms. The lowest BCUT2D eigenvalue weighted by atomic mass is 10.0. The van der Waals surface area contributed by atoms with E-state index >= 15 is 0 Å². The first-order valence-corrected chi connectivity index (χ1v) is 9.21. The molecule has 2 fully saturated rings. The van der Waals surface area contributed by atoms with E-state index in [-0.39, 0.29) is 11.8 Å². The van der Waals surface area contributed by atoms with E-state index in [1.165, 1.54) is 0 Å². The number of nitrogens with zero attached hydrogens (tertiary/aromatic N) is 4. The molecule has 4 rings (SSSR count). The van der Waals surface area contributed by atoms with E-state index in [0.29, 0.717) is 23.0 Å². The second-order valence-corrected chi connectivity index (χ2v) is 7.24. The summed E-state index contributed by atoms with van der Waals surface area (Å²) in [5.74, 6) is 0.724. The minimum Gasteiger partial charge on any atom is -0.337 e. The molecule has 0 spiro atoms. The van der Waals surface area contributed by atoms with Crippen molar-refractivity contribution in [3.05, 3.63) is 35.9 Å². The number of amides is 2. The number of carbonyl (C=O) groups is 2. The number of aromatic nitrogens is 2. The van der Waals surface area contributed by atoms with Crippen LogP contribution < -0.4 is 0 Å². The Kier molecular flexibility index (Phi) is 4.19. The lowest BCUT2D eigenvalue weighted by molar-refractivity contribution is 0.0669. The Balaban J connectivity index is 1.72. The molecule has 2 aliphatic heterocycles. The van der Waals surface area contributed by atoms with E-state index in [2.05, 4.69) is 11.9 Å². The zero-order valence-corrected chi connectivity index (χ0v) is 14.6. The number of imidazole rings is 1. The maximum atomic E-state index is 13.0. The van der Waals surface area contributed by atoms with Crippen molar-refractivity contribution in [3.8, 4) is 0 Å². The van der Waals surface area contributed by atoms with Crippen LogP contribution in [-0.4, -0.2) is 57.2 Å². The fourth-order valence-electron chi connectivity index (χ4n) is 3.93. The number of hydrogen-bond donors (Lipinski definition) is 0. The van der Waals surface area contributed by atoms with Crippen molar-refractivity contribution in [1.82, 2.24) is 19.2 Å². The normalized spacial score (nSPS) is 21.1. The molecular weight excluding hydrogens is 316 g/mol. The summed E-state index contributed by atoms with van der Waals surface area (Å²) in [5, 5.41) is 0. The predicted molar refractivity (Wildman–Crippen MR) is 94.6 cm³/mol. The molecule has 1 unspecified atom stereocenters. The van der Waals surface area contributed by atoms with Gasteiger partial charge in [-0.2, -0.15) is 0 Å². The quantitative estimate of drug-likeness (QED) is 0.844. The zero-order chi connectivity index (χ0) is 17.4. The Labute approximate surface area is 147 Å². The van der Waals surface area contributed by atoms with Crippen molar-refractivity contribution in [1.29, 1.82) is 0 Å². The summed E-state index contributed by atoms with van der Waals surface area (Å²) in [6, 6.07) is 5.62. The van der Waals surface area contributed by atoms with Crippen LogP contribution in [0.3, 0.4) is 0 Å². The van der Waals surface area contributed by atoms with Gasteiger partial charge in [-0.1, -0.05) is 13.0 Å². The number of hydrogen-bond acceptors (Lipinski definition) is 3. The Morgan fingerprint density at radius 2 is 1.80 bits per heavy atom. The van der Waals surface area contributed by atoms with Gasteiger partial charge in [0.1, 0.15) is 0 Å². The molecule has 2 aromatic rings. The van der Waals surface area contributed by atoms with Gasteiger partial charge >= 0.3 is 0 Å². The molecular formula is C19H24N4O2. The number of fused-ring (bicyclic) bond motifs is 1. The number of likely N-dealkylation sites (tertiary alicyclic amines) is 2. The molecule has 6 heteroatoms. The summed E-state index contributed by atoms with van der Waals surface area (Å²) in [6.45, 7) is 5.25. The fourth-order valence-corrected chi connectivity index (χ4v) is 3.93. The van der Waals surface area contributed by atoms with Crippen molar-refractivity contribution in [3.63, 3.8) is 0 Å². The van der Waals surface area contributed by atoms with Gasteiger partial charge in [0.05, 0.1) is 5.52 Å². The molecule has 2 aliphatic rings. The van der Waals surface area contributed by atoms with Crippen LogP contribution >= 0.6 is 0 Å². The monoisotopic (exact) mass is 340 g/mol. The summed E-state index contributed by atoms with van der Waals surface area (Å²) in [4.78, 5) is 34.1. The maximum Gasteiger partial charge on any atom is 0.290 e. The highest BCUT2D eigenvalue weighted by Crippen LogP contribution is 2.21. The Morgan fingerprint density at radius 3 is 2.56 bits per heavy atom. The van der Waals surface area contributed by atoms with Gasteiger partial charge in [0.2, 0.25) is 5.82 Å². The van der Waals surface area contributed by atoms with E-state index in [1.807, 2.05) is 34.2 Å². The molecule has 25 heavy (non-hydrogen) atoms. The van der Waals surface area contributed by atoms with E-state index in [9.17, 15) is 9.59 Å². The molecule has 0 aliphatic carbocycles. The molecule has 0 aromatic carbocycles. The van der Waals surface area contributed by atoms with E-state index in [4.69, 9.17) is 0 Å². The third kappa shape index (κ3) is 2.90. The standard InChI is InChI=1S/C19H24N4O2/c1-14-7-6-11-22(13-14)19(25)17-20-16(15-8-2-3-12-23(15)17)18(24)21-9-4-5-10-21/h2-3,8,12,14H,4-7,9-11,13H2,1H3. The van der Waals surface area contributed by atoms with E-state index in [1.54, 1.807) is 4.40 Å². The van der Waals surface area contributed by atoms with Gasteiger partial charge in [-0.05, 0) is 43.7 Å². The van der Waals surface area contributed by atoms with Crippen molar-refractivity contribution in [2.75, 3.05) is 26.2 Å². The van der Waals surface area contributed by atoms with Crippen LogP contribution in [0.4, 0.5) is 0 Å². The van der Waals surface area contributed by atoms with Crippen molar-refractivity contribution in [2.45, 2.75) is 32.6 Å². The SMILES string of the molecule is CC1CCCN(C(=O)c2nc(C(=O)N3CCCC3)c3ccccn23)C1. The molecule has 2 aromatic heterocycles. The van der Waals surface area contributed by atoms with Crippen LogP contribution in [0.25, 0.3) is 5.52 Å². The zero-order valence-electron chi connectivity index (χ0n) is 14.6. The van der Waals surface area contributed by atoms with Crippen LogP contribution in [0.2, 0.25) is 0 Å². The maximum absolute atomic E-state index is 13.0. The van der Waals surface area contributed by atoms with Crippen molar-refractivity contribution < 1.29 is 9.59 Å². The Bertz CT molecular complexity index is 807. The fraction of sp³-hybridized carbons (Fsp3) is 0.526. The molecule has 2 amide bonds. The van der Waals surface area contributed by atoms with Crippen molar-refractivity contribution >= 4 is 17.3 Å². The first-order chi connectivity index (χ1) is 12.1. The van der Waals surface area contributed by atoms with Gasteiger partial charge < -0.3 is 9.80 Å². The number of pyridine rings is 1. The minimum absolute atomic E-state index is 0.0627. The van der Waals surface area contributed by atoms with Crippen LogP contribution in [0, 0.1) is 5.92 Å². The molecule has 0 saturated carbocycles. The highest BCUT2D eigenvalue weighted by atomic mass is 16.2. The van der Waals surface area contributed by atoms with Crippen molar-refractivity contribution in [2.24, 2.45) is 5.92 Å². The summed E-state index contributed by atoms with van der Waals surface area (Å²) in [6.07, 6.45) is 6.08. The summed E-state index contributed by atoms with van der Waals surface area (Å²) in [7, 11) is 0. The topological polar surface area (TPSA) is 57.9 Å². The summed E-state index contributed by atoms with van der Waals surface area (Å²) < 4.78 is 1.77. The van der Waals surface area contributed by atoms with Gasteiger partial charge in [-0.3, -0.25) is 14.0 Å². The average molecular weight is 340 g/mol. The van der Waals surface area contributed by atoms with Gasteiger partial charge in [-0.15, -0.1) is 0 Å². The van der Waals surface area contributed by atoms with Crippen LogP contribution in [0.15, 0.2) is 24.4 Å². The largest absolute Gasteiger partial charge is 0.337 e. The Morgan fingerprint density at radius 1 is 1.04 bits per heavy atom. The smallest absolute Gasteiger partial charge is 0.290 e.